The van der Waals surface area contributed by atoms with E-state index in [1.807, 2.05) is 4.90 Å². The van der Waals surface area contributed by atoms with Gasteiger partial charge in [0.2, 0.25) is 5.91 Å². The summed E-state index contributed by atoms with van der Waals surface area (Å²) in [6.07, 6.45) is 10.2. The summed E-state index contributed by atoms with van der Waals surface area (Å²) >= 11 is 0. The maximum Gasteiger partial charge on any atom is 0.230 e. The monoisotopic (exact) mass is 237 g/mol. The van der Waals surface area contributed by atoms with Gasteiger partial charge in [0, 0.05) is 19.6 Å². The van der Waals surface area contributed by atoms with Crippen LogP contribution < -0.4 is 5.73 Å². The number of likely N-dealkylation sites (tertiary alicyclic amines) is 1. The topological polar surface area (TPSA) is 44.1 Å². The molecule has 0 atom stereocenters. The van der Waals surface area contributed by atoms with Gasteiger partial charge in [-0.05, 0) is 32.1 Å². The molecule has 2 fully saturated rings. The number of nitrogens with zero attached hydrogens (tertiary/aromatic N) is 1. The summed E-state index contributed by atoms with van der Waals surface area (Å²) in [4.78, 5) is 14.7. The molecule has 1 amide bonds. The molecule has 1 saturated heterocycles. The number of rotatable bonds is 2. The molecule has 3 heteroatoms. The van der Waals surface area contributed by atoms with Crippen LogP contribution in [-0.4, -0.2) is 30.4 Å². The van der Waals surface area contributed by atoms with Crippen LogP contribution in [0.15, 0.2) is 0 Å². The molecule has 1 N–H and O–H groups in total. The van der Waals surface area contributed by atoms with E-state index in [0.29, 0.717) is 12.5 Å². The molecular formula is C14H25N2O. The van der Waals surface area contributed by atoms with Crippen molar-refractivity contribution < 1.29 is 4.79 Å². The van der Waals surface area contributed by atoms with Crippen LogP contribution in [0.25, 0.3) is 0 Å². The van der Waals surface area contributed by atoms with Gasteiger partial charge in [0.25, 0.3) is 0 Å². The van der Waals surface area contributed by atoms with Gasteiger partial charge >= 0.3 is 0 Å². The zero-order valence-corrected chi connectivity index (χ0v) is 10.8. The van der Waals surface area contributed by atoms with Crippen LogP contribution in [0.1, 0.15) is 57.8 Å². The zero-order valence-electron chi connectivity index (χ0n) is 10.8. The third kappa shape index (κ3) is 2.82. The molecule has 1 aliphatic heterocycles. The van der Waals surface area contributed by atoms with Gasteiger partial charge in [-0.1, -0.05) is 25.7 Å². The number of hydrogen-bond acceptors (Lipinski definition) is 1. The zero-order chi connectivity index (χ0) is 12.1. The normalized spacial score (nSPS) is 25.4. The lowest BCUT2D eigenvalue weighted by Crippen LogP contribution is -2.48. The molecule has 0 aromatic heterocycles. The van der Waals surface area contributed by atoms with E-state index in [-0.39, 0.29) is 5.41 Å². The van der Waals surface area contributed by atoms with Gasteiger partial charge in [0.15, 0.2) is 0 Å². The van der Waals surface area contributed by atoms with E-state index in [0.717, 1.165) is 51.6 Å². The molecule has 2 rings (SSSR count). The van der Waals surface area contributed by atoms with E-state index in [4.69, 9.17) is 5.73 Å². The van der Waals surface area contributed by atoms with Crippen LogP contribution in [-0.2, 0) is 4.79 Å². The summed E-state index contributed by atoms with van der Waals surface area (Å²) in [6, 6.07) is 0. The van der Waals surface area contributed by atoms with Crippen molar-refractivity contribution in [2.45, 2.75) is 57.8 Å². The van der Waals surface area contributed by atoms with E-state index in [9.17, 15) is 4.79 Å². The molecule has 1 aliphatic carbocycles. The average molecular weight is 237 g/mol. The molecular weight excluding hydrogens is 212 g/mol. The Morgan fingerprint density at radius 1 is 0.941 bits per heavy atom. The second kappa shape index (κ2) is 5.85. The van der Waals surface area contributed by atoms with Gasteiger partial charge in [-0.2, -0.15) is 0 Å². The van der Waals surface area contributed by atoms with Gasteiger partial charge in [0.1, 0.15) is 0 Å². The Morgan fingerprint density at radius 3 is 2.00 bits per heavy atom. The highest BCUT2D eigenvalue weighted by Crippen LogP contribution is 2.36. The second-order valence-corrected chi connectivity index (χ2v) is 5.72. The maximum atomic E-state index is 12.7. The van der Waals surface area contributed by atoms with Crippen LogP contribution in [0.5, 0.6) is 0 Å². The minimum Gasteiger partial charge on any atom is -0.342 e. The summed E-state index contributed by atoms with van der Waals surface area (Å²) in [5.74, 6) is 0.300. The van der Waals surface area contributed by atoms with Crippen LogP contribution in [0.2, 0.25) is 0 Å². The van der Waals surface area contributed by atoms with Crippen molar-refractivity contribution >= 4 is 5.91 Å². The number of nitrogens with one attached hydrogen (secondary N) is 1. The first-order chi connectivity index (χ1) is 8.28. The fourth-order valence-electron chi connectivity index (χ4n) is 3.30. The Morgan fingerprint density at radius 2 is 1.47 bits per heavy atom. The van der Waals surface area contributed by atoms with Crippen molar-refractivity contribution in [3.05, 3.63) is 0 Å². The molecule has 1 radical (unpaired) electrons. The molecule has 0 unspecified atom stereocenters. The molecule has 2 aliphatic rings. The Hall–Kier alpha value is -0.570. The standard InChI is InChI=1S/C14H25N2O/c15-12-14(8-4-1-2-5-9-14)13(17)16-10-6-3-7-11-16/h15H,1-12H2. The predicted octanol–water partition coefficient (Wildman–Crippen LogP) is 2.62. The van der Waals surface area contributed by atoms with E-state index < -0.39 is 0 Å². The second-order valence-electron chi connectivity index (χ2n) is 5.72. The fourth-order valence-corrected chi connectivity index (χ4v) is 3.30. The predicted molar refractivity (Wildman–Crippen MR) is 68.5 cm³/mol. The van der Waals surface area contributed by atoms with Crippen molar-refractivity contribution in [2.75, 3.05) is 19.6 Å². The highest BCUT2D eigenvalue weighted by atomic mass is 16.2. The molecule has 0 bridgehead atoms. The van der Waals surface area contributed by atoms with Crippen LogP contribution in [0.4, 0.5) is 0 Å². The summed E-state index contributed by atoms with van der Waals surface area (Å²) in [6.45, 7) is 2.16. The maximum absolute atomic E-state index is 12.7. The number of amides is 1. The Balaban J connectivity index is 2.06. The lowest BCUT2D eigenvalue weighted by Gasteiger charge is -2.37. The van der Waals surface area contributed by atoms with Crippen molar-refractivity contribution in [1.29, 1.82) is 0 Å². The quantitative estimate of drug-likeness (QED) is 0.681. The summed E-state index contributed by atoms with van der Waals surface area (Å²) in [7, 11) is 0. The molecule has 17 heavy (non-hydrogen) atoms. The largest absolute Gasteiger partial charge is 0.342 e. The Labute approximate surface area is 105 Å². The molecule has 0 aromatic carbocycles. The van der Waals surface area contributed by atoms with E-state index in [2.05, 4.69) is 0 Å². The van der Waals surface area contributed by atoms with Crippen LogP contribution in [0, 0.1) is 5.41 Å². The fraction of sp³-hybridized carbons (Fsp3) is 0.929. The van der Waals surface area contributed by atoms with Crippen molar-refractivity contribution in [1.82, 2.24) is 10.6 Å². The van der Waals surface area contributed by atoms with Gasteiger partial charge in [-0.3, -0.25) is 10.5 Å². The first-order valence-corrected chi connectivity index (χ1v) is 7.22. The average Bonchev–Trinajstić information content (AvgIpc) is 2.65. The highest BCUT2D eigenvalue weighted by Gasteiger charge is 2.40. The van der Waals surface area contributed by atoms with E-state index in [1.165, 1.54) is 19.3 Å². The number of carbonyl (C=O) groups is 1. The minimum absolute atomic E-state index is 0.294. The smallest absolute Gasteiger partial charge is 0.230 e. The molecule has 1 heterocycles. The van der Waals surface area contributed by atoms with Crippen molar-refractivity contribution in [3.63, 3.8) is 0 Å². The number of hydrogen-bond donors (Lipinski definition) is 0. The Kier molecular flexibility index (Phi) is 4.43. The highest BCUT2D eigenvalue weighted by molar-refractivity contribution is 5.83. The van der Waals surface area contributed by atoms with Crippen LogP contribution in [0.3, 0.4) is 0 Å². The number of piperidine rings is 1. The molecule has 0 aromatic rings. The van der Waals surface area contributed by atoms with Gasteiger partial charge in [0.05, 0.1) is 5.41 Å². The summed E-state index contributed by atoms with van der Waals surface area (Å²) in [5, 5.41) is 0. The molecule has 0 spiro atoms. The van der Waals surface area contributed by atoms with Gasteiger partial charge in [-0.15, -0.1) is 0 Å². The first kappa shape index (κ1) is 12.9. The van der Waals surface area contributed by atoms with Gasteiger partial charge < -0.3 is 4.90 Å². The first-order valence-electron chi connectivity index (χ1n) is 7.22. The van der Waals surface area contributed by atoms with E-state index in [1.54, 1.807) is 0 Å². The van der Waals surface area contributed by atoms with Crippen molar-refractivity contribution in [3.8, 4) is 0 Å². The molecule has 3 nitrogen and oxygen atoms in total. The summed E-state index contributed by atoms with van der Waals surface area (Å²) < 4.78 is 0. The molecule has 1 saturated carbocycles. The van der Waals surface area contributed by atoms with Crippen LogP contribution >= 0.6 is 0 Å². The SMILES string of the molecule is [NH]CC1(C(=O)N2CCCCC2)CCCCCC1. The van der Waals surface area contributed by atoms with E-state index >= 15 is 0 Å². The minimum atomic E-state index is -0.326. The van der Waals surface area contributed by atoms with Crippen molar-refractivity contribution in [2.24, 2.45) is 5.41 Å². The third-order valence-electron chi connectivity index (χ3n) is 4.50. The van der Waals surface area contributed by atoms with Gasteiger partial charge in [-0.25, -0.2) is 0 Å². The number of carbonyl (C=O) groups excluding carboxylic acids is 1. The third-order valence-corrected chi connectivity index (χ3v) is 4.50. The Bertz CT molecular complexity index is 251. The lowest BCUT2D eigenvalue weighted by molar-refractivity contribution is -0.143. The molecule has 97 valence electrons. The lowest BCUT2D eigenvalue weighted by atomic mass is 9.78. The summed E-state index contributed by atoms with van der Waals surface area (Å²) in [5.41, 5.74) is 7.52.